The molecule has 0 aliphatic rings. The summed E-state index contributed by atoms with van der Waals surface area (Å²) in [5.41, 5.74) is -0.0427. The Kier molecular flexibility index (Phi) is 5.66. The molecule has 0 aromatic rings. The Morgan fingerprint density at radius 1 is 1.18 bits per heavy atom. The van der Waals surface area contributed by atoms with Crippen molar-refractivity contribution in [1.29, 1.82) is 0 Å². The minimum Gasteiger partial charge on any atom is -0.460 e. The van der Waals surface area contributed by atoms with E-state index in [-0.39, 0.29) is 29.3 Å². The van der Waals surface area contributed by atoms with Crippen LogP contribution in [0.15, 0.2) is 0 Å². The Morgan fingerprint density at radius 3 is 1.94 bits per heavy atom. The van der Waals surface area contributed by atoms with E-state index < -0.39 is 6.10 Å². The third kappa shape index (κ3) is 6.67. The second-order valence-corrected chi connectivity index (χ2v) is 7.11. The van der Waals surface area contributed by atoms with Gasteiger partial charge in [-0.25, -0.2) is 0 Å². The molecule has 2 unspecified atom stereocenters. The quantitative estimate of drug-likeness (QED) is 0.773. The molecule has 0 aliphatic carbocycles. The van der Waals surface area contributed by atoms with Crippen LogP contribution in [0.25, 0.3) is 0 Å². The summed E-state index contributed by atoms with van der Waals surface area (Å²) in [5.74, 6) is -0.342. The molecule has 2 atom stereocenters. The largest absolute Gasteiger partial charge is 0.460 e. The first-order chi connectivity index (χ1) is 7.47. The molecule has 0 saturated carbocycles. The van der Waals surface area contributed by atoms with Crippen molar-refractivity contribution in [3.05, 3.63) is 0 Å². The third-order valence-electron chi connectivity index (χ3n) is 2.72. The van der Waals surface area contributed by atoms with E-state index in [2.05, 4.69) is 20.8 Å². The fraction of sp³-hybridized carbons (Fsp3) is 0.929. The van der Waals surface area contributed by atoms with Gasteiger partial charge in [0.25, 0.3) is 0 Å². The highest BCUT2D eigenvalue weighted by molar-refractivity contribution is 5.73. The number of aliphatic hydroxyl groups excluding tert-OH is 1. The van der Waals surface area contributed by atoms with E-state index in [9.17, 15) is 4.79 Å². The van der Waals surface area contributed by atoms with Gasteiger partial charge in [-0.3, -0.25) is 4.79 Å². The molecule has 0 saturated heterocycles. The second-order valence-electron chi connectivity index (χ2n) is 7.11. The van der Waals surface area contributed by atoms with Crippen LogP contribution >= 0.6 is 0 Å². The van der Waals surface area contributed by atoms with E-state index in [0.29, 0.717) is 0 Å². The Hall–Kier alpha value is -0.570. The van der Waals surface area contributed by atoms with Gasteiger partial charge >= 0.3 is 5.97 Å². The topological polar surface area (TPSA) is 46.5 Å². The van der Waals surface area contributed by atoms with Gasteiger partial charge in [0, 0.05) is 0 Å². The highest BCUT2D eigenvalue weighted by Gasteiger charge is 2.36. The standard InChI is InChI=1S/C14H28O3/c1-10(9-15)17-12(16)11(14(5,6)7)8-13(2,3)4/h10-11,15H,8-9H2,1-7H3. The van der Waals surface area contributed by atoms with E-state index in [0.717, 1.165) is 6.42 Å². The normalized spacial score (nSPS) is 16.5. The van der Waals surface area contributed by atoms with Crippen LogP contribution < -0.4 is 0 Å². The van der Waals surface area contributed by atoms with Crippen LogP contribution in [0.3, 0.4) is 0 Å². The van der Waals surface area contributed by atoms with Crippen molar-refractivity contribution >= 4 is 5.97 Å². The maximum atomic E-state index is 12.1. The molecule has 0 bridgehead atoms. The molecular weight excluding hydrogens is 216 g/mol. The molecule has 0 heterocycles. The van der Waals surface area contributed by atoms with Gasteiger partial charge in [0.05, 0.1) is 12.5 Å². The lowest BCUT2D eigenvalue weighted by molar-refractivity contribution is -0.160. The molecule has 0 rings (SSSR count). The third-order valence-corrected chi connectivity index (χ3v) is 2.72. The summed E-state index contributed by atoms with van der Waals surface area (Å²) in [5, 5.41) is 8.92. The van der Waals surface area contributed by atoms with Crippen molar-refractivity contribution in [2.45, 2.75) is 61.0 Å². The molecule has 3 nitrogen and oxygen atoms in total. The summed E-state index contributed by atoms with van der Waals surface area (Å²) in [7, 11) is 0. The van der Waals surface area contributed by atoms with Crippen LogP contribution in [-0.2, 0) is 9.53 Å². The van der Waals surface area contributed by atoms with Gasteiger partial charge < -0.3 is 9.84 Å². The van der Waals surface area contributed by atoms with Gasteiger partial charge in [0.1, 0.15) is 6.10 Å². The average Bonchev–Trinajstić information content (AvgIpc) is 2.10. The lowest BCUT2D eigenvalue weighted by atomic mass is 9.72. The SMILES string of the molecule is CC(CO)OC(=O)C(CC(C)(C)C)C(C)(C)C. The van der Waals surface area contributed by atoms with Crippen molar-refractivity contribution in [3.8, 4) is 0 Å². The number of carbonyl (C=O) groups excluding carboxylic acids is 1. The molecule has 0 aromatic heterocycles. The fourth-order valence-corrected chi connectivity index (χ4v) is 1.67. The van der Waals surface area contributed by atoms with Crippen LogP contribution in [0.5, 0.6) is 0 Å². The van der Waals surface area contributed by atoms with E-state index in [1.807, 2.05) is 20.8 Å². The number of aliphatic hydroxyl groups is 1. The van der Waals surface area contributed by atoms with E-state index in [4.69, 9.17) is 9.84 Å². The fourth-order valence-electron chi connectivity index (χ4n) is 1.67. The maximum Gasteiger partial charge on any atom is 0.309 e. The average molecular weight is 244 g/mol. The first-order valence-corrected chi connectivity index (χ1v) is 6.28. The predicted octanol–water partition coefficient (Wildman–Crippen LogP) is 3.01. The molecule has 0 aromatic carbocycles. The Labute approximate surface area is 106 Å². The van der Waals surface area contributed by atoms with Gasteiger partial charge in [-0.15, -0.1) is 0 Å². The number of hydrogen-bond donors (Lipinski definition) is 1. The zero-order valence-corrected chi connectivity index (χ0v) is 12.3. The van der Waals surface area contributed by atoms with E-state index >= 15 is 0 Å². The lowest BCUT2D eigenvalue weighted by Crippen LogP contribution is -2.35. The number of hydrogen-bond acceptors (Lipinski definition) is 3. The number of esters is 1. The van der Waals surface area contributed by atoms with Crippen LogP contribution in [0.4, 0.5) is 0 Å². The molecule has 0 aliphatic heterocycles. The van der Waals surface area contributed by atoms with Crippen LogP contribution in [0.1, 0.15) is 54.9 Å². The van der Waals surface area contributed by atoms with Gasteiger partial charge in [0.2, 0.25) is 0 Å². The molecule has 102 valence electrons. The molecule has 3 heteroatoms. The van der Waals surface area contributed by atoms with Crippen LogP contribution in [0.2, 0.25) is 0 Å². The summed E-state index contributed by atoms with van der Waals surface area (Å²) in [6.45, 7) is 14.1. The monoisotopic (exact) mass is 244 g/mol. The Morgan fingerprint density at radius 2 is 1.65 bits per heavy atom. The zero-order valence-electron chi connectivity index (χ0n) is 12.3. The first-order valence-electron chi connectivity index (χ1n) is 6.28. The van der Waals surface area contributed by atoms with Gasteiger partial charge in [-0.1, -0.05) is 41.5 Å². The number of ether oxygens (including phenoxy) is 1. The van der Waals surface area contributed by atoms with Crippen molar-refractivity contribution in [3.63, 3.8) is 0 Å². The van der Waals surface area contributed by atoms with E-state index in [1.54, 1.807) is 6.92 Å². The lowest BCUT2D eigenvalue weighted by Gasteiger charge is -2.34. The number of carbonyl (C=O) groups is 1. The predicted molar refractivity (Wildman–Crippen MR) is 69.7 cm³/mol. The van der Waals surface area contributed by atoms with Crippen molar-refractivity contribution in [1.82, 2.24) is 0 Å². The molecule has 17 heavy (non-hydrogen) atoms. The highest BCUT2D eigenvalue weighted by Crippen LogP contribution is 2.36. The highest BCUT2D eigenvalue weighted by atomic mass is 16.6. The first kappa shape index (κ1) is 16.4. The van der Waals surface area contributed by atoms with Gasteiger partial charge in [-0.2, -0.15) is 0 Å². The van der Waals surface area contributed by atoms with Crippen molar-refractivity contribution in [2.75, 3.05) is 6.61 Å². The van der Waals surface area contributed by atoms with Gasteiger partial charge in [0.15, 0.2) is 0 Å². The zero-order chi connectivity index (χ0) is 13.9. The van der Waals surface area contributed by atoms with Crippen LogP contribution in [-0.4, -0.2) is 23.8 Å². The minimum atomic E-state index is -0.424. The molecule has 0 spiro atoms. The van der Waals surface area contributed by atoms with Gasteiger partial charge in [-0.05, 0) is 24.2 Å². The molecular formula is C14H28O3. The smallest absolute Gasteiger partial charge is 0.309 e. The summed E-state index contributed by atoms with van der Waals surface area (Å²) < 4.78 is 5.25. The summed E-state index contributed by atoms with van der Waals surface area (Å²) in [6, 6.07) is 0. The summed E-state index contributed by atoms with van der Waals surface area (Å²) >= 11 is 0. The second kappa shape index (κ2) is 5.85. The number of rotatable bonds is 4. The summed E-state index contributed by atoms with van der Waals surface area (Å²) in [6.07, 6.45) is 0.361. The Balaban J connectivity index is 4.76. The maximum absolute atomic E-state index is 12.1. The Bertz CT molecular complexity index is 245. The van der Waals surface area contributed by atoms with Crippen molar-refractivity contribution in [2.24, 2.45) is 16.7 Å². The van der Waals surface area contributed by atoms with Crippen molar-refractivity contribution < 1.29 is 14.6 Å². The molecule has 0 radical (unpaired) electrons. The molecule has 0 fully saturated rings. The minimum absolute atomic E-state index is 0.0828. The summed E-state index contributed by atoms with van der Waals surface area (Å²) in [4.78, 5) is 12.1. The molecule has 0 amide bonds. The molecule has 1 N–H and O–H groups in total. The van der Waals surface area contributed by atoms with E-state index in [1.165, 1.54) is 0 Å². The van der Waals surface area contributed by atoms with Crippen LogP contribution in [0, 0.1) is 16.7 Å².